The number of benzene rings is 2. The van der Waals surface area contributed by atoms with Crippen molar-refractivity contribution in [1.29, 1.82) is 0 Å². The first kappa shape index (κ1) is 23.9. The minimum Gasteiger partial charge on any atom is -0.511 e. The molecule has 10 heteroatoms. The number of nitrogens with zero attached hydrogens (tertiary/aromatic N) is 1. The van der Waals surface area contributed by atoms with Gasteiger partial charge in [0.25, 0.3) is 0 Å². The van der Waals surface area contributed by atoms with Crippen LogP contribution in [0.4, 0.5) is 5.69 Å². The number of aliphatic hydroxyl groups is 1. The molecule has 0 radical (unpaired) electrons. The zero-order valence-corrected chi connectivity index (χ0v) is 19.7. The van der Waals surface area contributed by atoms with Gasteiger partial charge in [0, 0.05) is 24.6 Å². The molecule has 1 aliphatic rings. The average molecular weight is 480 g/mol. The van der Waals surface area contributed by atoms with Crippen molar-refractivity contribution in [2.24, 2.45) is 0 Å². The molecule has 0 unspecified atom stereocenters. The Morgan fingerprint density at radius 3 is 1.97 bits per heavy atom. The van der Waals surface area contributed by atoms with E-state index in [4.69, 9.17) is 0 Å². The van der Waals surface area contributed by atoms with Crippen molar-refractivity contribution in [3.63, 3.8) is 0 Å². The highest BCUT2D eigenvalue weighted by Gasteiger charge is 2.35. The van der Waals surface area contributed by atoms with Gasteiger partial charge in [-0.25, -0.2) is 16.8 Å². The highest BCUT2D eigenvalue weighted by atomic mass is 32.3. The molecule has 0 saturated heterocycles. The van der Waals surface area contributed by atoms with E-state index in [2.05, 4.69) is 0 Å². The van der Waals surface area contributed by atoms with Gasteiger partial charge < -0.3 is 5.11 Å². The summed E-state index contributed by atoms with van der Waals surface area (Å²) in [5, 5.41) is 11.0. The van der Waals surface area contributed by atoms with Gasteiger partial charge in [-0.3, -0.25) is 9.59 Å². The third-order valence-corrected chi connectivity index (χ3v) is 8.59. The predicted octanol–water partition coefficient (Wildman–Crippen LogP) is 3.19. The van der Waals surface area contributed by atoms with Gasteiger partial charge in [-0.2, -0.15) is 3.71 Å². The summed E-state index contributed by atoms with van der Waals surface area (Å²) in [7, 11) is -8.28. The molecule has 0 amide bonds. The van der Waals surface area contributed by atoms with Gasteiger partial charge in [0.1, 0.15) is 5.76 Å². The van der Waals surface area contributed by atoms with Gasteiger partial charge >= 0.3 is 0 Å². The van der Waals surface area contributed by atoms with Crippen LogP contribution in [0.5, 0.6) is 0 Å². The molecule has 0 bridgehead atoms. The monoisotopic (exact) mass is 479 g/mol. The Morgan fingerprint density at radius 2 is 1.47 bits per heavy atom. The van der Waals surface area contributed by atoms with Gasteiger partial charge in [0.15, 0.2) is 11.6 Å². The normalized spacial score (nSPS) is 17.6. The molecule has 0 spiro atoms. The molecule has 0 aromatic heterocycles. The number of fused-ring (bicyclic) bond motifs is 1. The molecule has 1 aliphatic carbocycles. The molecular formula is C22H25NO7S2. The highest BCUT2D eigenvalue weighted by Crippen LogP contribution is 2.40. The van der Waals surface area contributed by atoms with E-state index >= 15 is 0 Å². The minimum absolute atomic E-state index is 0.0139. The van der Waals surface area contributed by atoms with Crippen molar-refractivity contribution >= 4 is 48.1 Å². The van der Waals surface area contributed by atoms with Crippen molar-refractivity contribution in [2.75, 3.05) is 16.2 Å². The van der Waals surface area contributed by atoms with Gasteiger partial charge in [-0.05, 0) is 29.4 Å². The Morgan fingerprint density at radius 1 is 0.938 bits per heavy atom. The lowest BCUT2D eigenvalue weighted by Gasteiger charge is -2.26. The standard InChI is InChI=1S/C22H25NO7S2/c1-4-7-19(24)22-20(25)12-14(13-21(22)26)15-10-11-18(17-9-6-5-8-16(15)17)23(31(2,27)28)32(3,29)30/h5-6,8-11,14,24H,4,7,12-13H2,1-3H3. The summed E-state index contributed by atoms with van der Waals surface area (Å²) in [4.78, 5) is 25.3. The average Bonchev–Trinajstić information content (AvgIpc) is 2.65. The lowest BCUT2D eigenvalue weighted by atomic mass is 9.78. The van der Waals surface area contributed by atoms with Gasteiger partial charge in [-0.15, -0.1) is 0 Å². The maximum atomic E-state index is 12.7. The molecule has 2 aromatic carbocycles. The molecule has 1 fully saturated rings. The van der Waals surface area contributed by atoms with E-state index in [-0.39, 0.29) is 36.3 Å². The fraction of sp³-hybridized carbons (Fsp3) is 0.364. The summed E-state index contributed by atoms with van der Waals surface area (Å²) >= 11 is 0. The van der Waals surface area contributed by atoms with Gasteiger partial charge in [0.05, 0.1) is 23.8 Å². The maximum Gasteiger partial charge on any atom is 0.245 e. The fourth-order valence-electron chi connectivity index (χ4n) is 4.21. The second-order valence-corrected chi connectivity index (χ2v) is 11.9. The molecule has 172 valence electrons. The van der Waals surface area contributed by atoms with Crippen LogP contribution in [0.1, 0.15) is 44.1 Å². The first-order chi connectivity index (χ1) is 14.9. The highest BCUT2D eigenvalue weighted by molar-refractivity contribution is 8.09. The molecule has 1 saturated carbocycles. The van der Waals surface area contributed by atoms with Crippen LogP contribution in [0, 0.1) is 0 Å². The summed E-state index contributed by atoms with van der Waals surface area (Å²) in [6.07, 6.45) is 2.50. The molecule has 0 atom stereocenters. The first-order valence-corrected chi connectivity index (χ1v) is 13.8. The predicted molar refractivity (Wildman–Crippen MR) is 123 cm³/mol. The van der Waals surface area contributed by atoms with Crippen LogP contribution in [-0.4, -0.2) is 46.0 Å². The number of hydrogen-bond acceptors (Lipinski definition) is 7. The number of sulfonamides is 2. The number of hydrogen-bond donors (Lipinski definition) is 1. The Balaban J connectivity index is 2.14. The Hall–Kier alpha value is -2.72. The van der Waals surface area contributed by atoms with E-state index in [1.165, 1.54) is 6.07 Å². The van der Waals surface area contributed by atoms with Crippen molar-refractivity contribution in [2.45, 2.75) is 38.5 Å². The van der Waals surface area contributed by atoms with Crippen LogP contribution in [0.25, 0.3) is 10.8 Å². The number of allylic oxidation sites excluding steroid dienone is 2. The second kappa shape index (κ2) is 8.67. The third-order valence-electron chi connectivity index (χ3n) is 5.37. The molecule has 2 aromatic rings. The molecule has 0 aliphatic heterocycles. The van der Waals surface area contributed by atoms with E-state index in [0.717, 1.165) is 12.5 Å². The van der Waals surface area contributed by atoms with Crippen molar-refractivity contribution < 1.29 is 31.5 Å². The molecule has 1 N–H and O–H groups in total. The number of Topliss-reactive ketones (excluding diaryl/α,β-unsaturated/α-hetero) is 2. The molecule has 3 rings (SSSR count). The van der Waals surface area contributed by atoms with Crippen LogP contribution in [0.3, 0.4) is 0 Å². The van der Waals surface area contributed by atoms with E-state index in [9.17, 15) is 31.5 Å². The quantitative estimate of drug-likeness (QED) is 0.383. The molecule has 8 nitrogen and oxygen atoms in total. The molecule has 32 heavy (non-hydrogen) atoms. The van der Waals surface area contributed by atoms with Crippen molar-refractivity contribution in [3.8, 4) is 0 Å². The first-order valence-electron chi connectivity index (χ1n) is 10.1. The zero-order valence-electron chi connectivity index (χ0n) is 18.0. The number of carbonyl (C=O) groups is 2. The van der Waals surface area contributed by atoms with Crippen molar-refractivity contribution in [1.82, 2.24) is 0 Å². The van der Waals surface area contributed by atoms with E-state index in [1.54, 1.807) is 30.3 Å². The molecule has 0 heterocycles. The van der Waals surface area contributed by atoms with Crippen LogP contribution < -0.4 is 3.71 Å². The third kappa shape index (κ3) is 4.56. The summed E-state index contributed by atoms with van der Waals surface area (Å²) in [5.74, 6) is -1.52. The molecular weight excluding hydrogens is 454 g/mol. The number of ketones is 2. The SMILES string of the molecule is CCCC(O)=C1C(=O)CC(c2ccc(N(S(C)(=O)=O)S(C)(=O)=O)c3ccccc23)CC1=O. The van der Waals surface area contributed by atoms with Crippen LogP contribution in [0.15, 0.2) is 47.7 Å². The number of carbonyl (C=O) groups excluding carboxylic acids is 2. The van der Waals surface area contributed by atoms with Crippen molar-refractivity contribution in [3.05, 3.63) is 53.3 Å². The summed E-state index contributed by atoms with van der Waals surface area (Å²) in [6, 6.07) is 9.61. The van der Waals surface area contributed by atoms with Crippen LogP contribution in [-0.2, 0) is 29.6 Å². The largest absolute Gasteiger partial charge is 0.511 e. The van der Waals surface area contributed by atoms with E-state index < -0.39 is 37.5 Å². The maximum absolute atomic E-state index is 12.7. The zero-order chi connectivity index (χ0) is 23.8. The van der Waals surface area contributed by atoms with Gasteiger partial charge in [0.2, 0.25) is 20.0 Å². The number of anilines is 1. The summed E-state index contributed by atoms with van der Waals surface area (Å²) < 4.78 is 49.5. The Bertz CT molecular complexity index is 1290. The second-order valence-electron chi connectivity index (χ2n) is 7.97. The topological polar surface area (TPSA) is 126 Å². The van der Waals surface area contributed by atoms with Crippen LogP contribution >= 0.6 is 0 Å². The number of aliphatic hydroxyl groups excluding tert-OH is 1. The number of rotatable bonds is 6. The van der Waals surface area contributed by atoms with E-state index in [0.29, 0.717) is 26.5 Å². The Kier molecular flexibility index (Phi) is 6.48. The Labute approximate surface area is 187 Å². The van der Waals surface area contributed by atoms with E-state index in [1.807, 2.05) is 6.92 Å². The van der Waals surface area contributed by atoms with Crippen LogP contribution in [0.2, 0.25) is 0 Å². The fourth-order valence-corrected chi connectivity index (χ4v) is 7.21. The summed E-state index contributed by atoms with van der Waals surface area (Å²) in [5.41, 5.74) is 0.482. The lowest BCUT2D eigenvalue weighted by Crippen LogP contribution is -2.35. The lowest BCUT2D eigenvalue weighted by molar-refractivity contribution is -0.124. The summed E-state index contributed by atoms with van der Waals surface area (Å²) in [6.45, 7) is 1.83. The van der Waals surface area contributed by atoms with Gasteiger partial charge in [-0.1, -0.05) is 37.3 Å². The minimum atomic E-state index is -4.14. The smallest absolute Gasteiger partial charge is 0.245 e.